The minimum absolute atomic E-state index is 0.00552. The molecule has 0 spiro atoms. The van der Waals surface area contributed by atoms with E-state index in [-0.39, 0.29) is 17.4 Å². The molecule has 5 nitrogen and oxygen atoms in total. The molecule has 0 bridgehead atoms. The predicted octanol–water partition coefficient (Wildman–Crippen LogP) is 4.45. The number of hydrogen-bond acceptors (Lipinski definition) is 4. The Bertz CT molecular complexity index is 941. The van der Waals surface area contributed by atoms with Crippen LogP contribution in [0, 0.1) is 24.2 Å². The zero-order chi connectivity index (χ0) is 18.7. The molecule has 0 amide bonds. The topological polar surface area (TPSA) is 78.4 Å². The third-order valence-electron chi connectivity index (χ3n) is 3.64. The molecule has 0 aliphatic rings. The summed E-state index contributed by atoms with van der Waals surface area (Å²) in [6.07, 6.45) is 1.42. The van der Waals surface area contributed by atoms with E-state index < -0.39 is 5.56 Å². The van der Waals surface area contributed by atoms with Crippen molar-refractivity contribution in [2.45, 2.75) is 27.3 Å². The van der Waals surface area contributed by atoms with Crippen molar-refractivity contribution in [2.75, 3.05) is 0 Å². The fourth-order valence-electron chi connectivity index (χ4n) is 2.36. The summed E-state index contributed by atoms with van der Waals surface area (Å²) < 4.78 is 1.20. The van der Waals surface area contributed by atoms with Crippen LogP contribution in [0.3, 0.4) is 0 Å². The summed E-state index contributed by atoms with van der Waals surface area (Å²) in [7, 11) is 0. The van der Waals surface area contributed by atoms with E-state index in [9.17, 15) is 15.2 Å². The number of nitriles is 1. The summed E-state index contributed by atoms with van der Waals surface area (Å²) >= 11 is 11.8. The number of benzene rings is 1. The van der Waals surface area contributed by atoms with Crippen LogP contribution in [0.25, 0.3) is 0 Å². The highest BCUT2D eigenvalue weighted by Gasteiger charge is 2.18. The van der Waals surface area contributed by atoms with Crippen LogP contribution in [-0.2, 0) is 6.54 Å². The molecule has 0 aliphatic carbocycles. The van der Waals surface area contributed by atoms with Crippen LogP contribution < -0.4 is 5.56 Å². The van der Waals surface area contributed by atoms with Crippen molar-refractivity contribution in [2.24, 2.45) is 10.9 Å². The smallest absolute Gasteiger partial charge is 0.271 e. The van der Waals surface area contributed by atoms with Gasteiger partial charge in [0.15, 0.2) is 0 Å². The number of pyridine rings is 1. The Balaban J connectivity index is 2.60. The first-order valence-corrected chi connectivity index (χ1v) is 8.37. The molecule has 1 N–H and O–H groups in total. The molecule has 1 aromatic carbocycles. The second kappa shape index (κ2) is 7.73. The standard InChI is InChI=1S/C18H17Cl2N3O2/c1-10(2)9-23-17(24)13(7-21)11(3)14(18(23)25)8-22-12-4-5-15(19)16(20)6-12/h4-6,8,10,25H,9H2,1-3H3. The molecule has 130 valence electrons. The van der Waals surface area contributed by atoms with Crippen molar-refractivity contribution in [3.8, 4) is 11.9 Å². The Morgan fingerprint density at radius 3 is 2.60 bits per heavy atom. The lowest BCUT2D eigenvalue weighted by Crippen LogP contribution is -2.27. The van der Waals surface area contributed by atoms with Gasteiger partial charge in [-0.2, -0.15) is 5.26 Å². The molecular formula is C18H17Cl2N3O2. The summed E-state index contributed by atoms with van der Waals surface area (Å²) in [6.45, 7) is 5.74. The summed E-state index contributed by atoms with van der Waals surface area (Å²) in [5.74, 6) is -0.0864. The van der Waals surface area contributed by atoms with E-state index in [0.29, 0.717) is 33.4 Å². The van der Waals surface area contributed by atoms with Crippen molar-refractivity contribution in [1.29, 1.82) is 5.26 Å². The first-order chi connectivity index (χ1) is 11.8. The lowest BCUT2D eigenvalue weighted by Gasteiger charge is -2.15. The van der Waals surface area contributed by atoms with E-state index in [0.717, 1.165) is 0 Å². The van der Waals surface area contributed by atoms with Crippen LogP contribution in [0.15, 0.2) is 28.0 Å². The lowest BCUT2D eigenvalue weighted by atomic mass is 10.1. The van der Waals surface area contributed by atoms with Gasteiger partial charge in [0.1, 0.15) is 11.6 Å². The second-order valence-corrected chi connectivity index (χ2v) is 6.83. The molecule has 0 unspecified atom stereocenters. The minimum atomic E-state index is -0.502. The SMILES string of the molecule is Cc1c(C=Nc2ccc(Cl)c(Cl)c2)c(O)n(CC(C)C)c(=O)c1C#N. The van der Waals surface area contributed by atoms with Gasteiger partial charge in [-0.15, -0.1) is 0 Å². The fourth-order valence-corrected chi connectivity index (χ4v) is 2.66. The fraction of sp³-hybridized carbons (Fsp3) is 0.278. The number of halogens is 2. The summed E-state index contributed by atoms with van der Waals surface area (Å²) in [5, 5.41) is 20.6. The van der Waals surface area contributed by atoms with Crippen molar-refractivity contribution in [3.63, 3.8) is 0 Å². The molecule has 2 rings (SSSR count). The number of aromatic hydroxyl groups is 1. The monoisotopic (exact) mass is 377 g/mol. The van der Waals surface area contributed by atoms with Gasteiger partial charge in [0.2, 0.25) is 5.88 Å². The highest BCUT2D eigenvalue weighted by atomic mass is 35.5. The molecule has 0 saturated carbocycles. The molecule has 1 heterocycles. The average molecular weight is 378 g/mol. The molecule has 0 aliphatic heterocycles. The molecule has 0 radical (unpaired) electrons. The van der Waals surface area contributed by atoms with E-state index in [1.165, 1.54) is 10.8 Å². The molecule has 0 saturated heterocycles. The second-order valence-electron chi connectivity index (χ2n) is 6.02. The predicted molar refractivity (Wildman–Crippen MR) is 100 cm³/mol. The lowest BCUT2D eigenvalue weighted by molar-refractivity contribution is 0.381. The van der Waals surface area contributed by atoms with Crippen molar-refractivity contribution in [1.82, 2.24) is 4.57 Å². The Hall–Kier alpha value is -2.29. The van der Waals surface area contributed by atoms with E-state index in [2.05, 4.69) is 4.99 Å². The Labute approximate surface area is 155 Å². The molecule has 1 aromatic heterocycles. The van der Waals surface area contributed by atoms with Gasteiger partial charge in [-0.05, 0) is 36.6 Å². The molecule has 0 atom stereocenters. The van der Waals surface area contributed by atoms with Crippen LogP contribution >= 0.6 is 23.2 Å². The number of aliphatic imine (C=N–C) groups is 1. The van der Waals surface area contributed by atoms with E-state index in [1.54, 1.807) is 25.1 Å². The van der Waals surface area contributed by atoms with Gasteiger partial charge in [-0.25, -0.2) is 0 Å². The van der Waals surface area contributed by atoms with Gasteiger partial charge in [0, 0.05) is 12.8 Å². The molecule has 25 heavy (non-hydrogen) atoms. The maximum atomic E-state index is 12.4. The molecule has 0 fully saturated rings. The van der Waals surface area contributed by atoms with Crippen LogP contribution in [0.2, 0.25) is 10.0 Å². The van der Waals surface area contributed by atoms with Crippen LogP contribution in [-0.4, -0.2) is 15.9 Å². The third-order valence-corrected chi connectivity index (χ3v) is 4.38. The normalized spacial score (nSPS) is 11.2. The summed E-state index contributed by atoms with van der Waals surface area (Å²) in [4.78, 5) is 16.7. The van der Waals surface area contributed by atoms with Crippen molar-refractivity contribution in [3.05, 3.63) is 55.3 Å². The highest BCUT2D eigenvalue weighted by Crippen LogP contribution is 2.27. The van der Waals surface area contributed by atoms with E-state index in [1.807, 2.05) is 19.9 Å². The Morgan fingerprint density at radius 1 is 1.36 bits per heavy atom. The Kier molecular flexibility index (Phi) is 5.89. The number of aromatic nitrogens is 1. The van der Waals surface area contributed by atoms with Gasteiger partial charge in [0.05, 0.1) is 21.3 Å². The highest BCUT2D eigenvalue weighted by molar-refractivity contribution is 6.42. The quantitative estimate of drug-likeness (QED) is 0.799. The molecule has 2 aromatic rings. The maximum absolute atomic E-state index is 12.4. The van der Waals surface area contributed by atoms with Crippen LogP contribution in [0.4, 0.5) is 5.69 Å². The zero-order valence-corrected chi connectivity index (χ0v) is 15.6. The van der Waals surface area contributed by atoms with Gasteiger partial charge < -0.3 is 5.11 Å². The molecule has 7 heteroatoms. The van der Waals surface area contributed by atoms with Gasteiger partial charge in [-0.3, -0.25) is 14.4 Å². The van der Waals surface area contributed by atoms with Gasteiger partial charge >= 0.3 is 0 Å². The van der Waals surface area contributed by atoms with Crippen molar-refractivity contribution < 1.29 is 5.11 Å². The van der Waals surface area contributed by atoms with Crippen LogP contribution in [0.1, 0.15) is 30.5 Å². The van der Waals surface area contributed by atoms with E-state index in [4.69, 9.17) is 23.2 Å². The van der Waals surface area contributed by atoms with Crippen molar-refractivity contribution >= 4 is 35.1 Å². The average Bonchev–Trinajstić information content (AvgIpc) is 2.55. The van der Waals surface area contributed by atoms with E-state index >= 15 is 0 Å². The number of rotatable bonds is 4. The van der Waals surface area contributed by atoms with Gasteiger partial charge in [-0.1, -0.05) is 37.0 Å². The summed E-state index contributed by atoms with van der Waals surface area (Å²) in [6, 6.07) is 6.79. The zero-order valence-electron chi connectivity index (χ0n) is 14.0. The maximum Gasteiger partial charge on any atom is 0.271 e. The first-order valence-electron chi connectivity index (χ1n) is 7.61. The van der Waals surface area contributed by atoms with Crippen LogP contribution in [0.5, 0.6) is 5.88 Å². The largest absolute Gasteiger partial charge is 0.494 e. The molecular weight excluding hydrogens is 361 g/mol. The Morgan fingerprint density at radius 2 is 2.04 bits per heavy atom. The summed E-state index contributed by atoms with van der Waals surface area (Å²) in [5.41, 5.74) is 0.733. The van der Waals surface area contributed by atoms with Gasteiger partial charge in [0.25, 0.3) is 5.56 Å². The minimum Gasteiger partial charge on any atom is -0.494 e. The third kappa shape index (κ3) is 4.04. The first kappa shape index (κ1) is 19.0. The number of hydrogen-bond donors (Lipinski definition) is 1. The number of nitrogens with zero attached hydrogens (tertiary/aromatic N) is 3.